The van der Waals surface area contributed by atoms with Crippen molar-refractivity contribution < 1.29 is 10.2 Å². The van der Waals surface area contributed by atoms with Gasteiger partial charge in [0.25, 0.3) is 0 Å². The lowest BCUT2D eigenvalue weighted by Crippen LogP contribution is -2.15. The summed E-state index contributed by atoms with van der Waals surface area (Å²) >= 11 is 0. The van der Waals surface area contributed by atoms with E-state index in [-0.39, 0.29) is 19.0 Å². The molecule has 0 aliphatic carbocycles. The fourth-order valence-electron chi connectivity index (χ4n) is 0.974. The molecule has 0 aliphatic rings. The lowest BCUT2D eigenvalue weighted by molar-refractivity contribution is 0.266. The Bertz CT molecular complexity index is 291. The number of aromatic nitrogens is 1. The van der Waals surface area contributed by atoms with E-state index >= 15 is 0 Å². The number of anilines is 1. The average Bonchev–Trinajstić information content (AvgIpc) is 2.17. The van der Waals surface area contributed by atoms with Crippen molar-refractivity contribution in [3.63, 3.8) is 0 Å². The maximum absolute atomic E-state index is 8.87. The minimum absolute atomic E-state index is 0.156. The summed E-state index contributed by atoms with van der Waals surface area (Å²) in [5.41, 5.74) is 12.2. The second kappa shape index (κ2) is 4.18. The molecular weight excluding hydrogens is 170 g/mol. The average molecular weight is 183 g/mol. The minimum Gasteiger partial charge on any atom is -0.394 e. The van der Waals surface area contributed by atoms with Crippen molar-refractivity contribution in [2.45, 2.75) is 12.6 Å². The van der Waals surface area contributed by atoms with Crippen molar-refractivity contribution in [2.24, 2.45) is 5.73 Å². The zero-order valence-corrected chi connectivity index (χ0v) is 7.14. The Morgan fingerprint density at radius 2 is 2.15 bits per heavy atom. The molecule has 72 valence electrons. The van der Waals surface area contributed by atoms with Gasteiger partial charge in [-0.15, -0.1) is 0 Å². The molecule has 1 aromatic heterocycles. The highest BCUT2D eigenvalue weighted by Crippen LogP contribution is 2.14. The standard InChI is InChI=1S/C8H13N3O2/c9-7(4-13)5-1-6(3-12)8(10)11-2-5/h1-2,7,12-13H,3-4,9H2,(H2,10,11)/t7-/m1/s1. The number of nitrogen functional groups attached to an aromatic ring is 1. The first kappa shape index (κ1) is 9.91. The Balaban J connectivity index is 2.99. The zero-order chi connectivity index (χ0) is 9.84. The van der Waals surface area contributed by atoms with Crippen molar-refractivity contribution in [2.75, 3.05) is 12.3 Å². The van der Waals surface area contributed by atoms with Crippen molar-refractivity contribution in [3.05, 3.63) is 23.4 Å². The van der Waals surface area contributed by atoms with Crippen LogP contribution in [0.3, 0.4) is 0 Å². The molecule has 0 unspecified atom stereocenters. The van der Waals surface area contributed by atoms with E-state index in [9.17, 15) is 0 Å². The van der Waals surface area contributed by atoms with E-state index in [1.165, 1.54) is 6.20 Å². The van der Waals surface area contributed by atoms with Crippen molar-refractivity contribution >= 4 is 5.82 Å². The highest BCUT2D eigenvalue weighted by Gasteiger charge is 2.07. The third-order valence-corrected chi connectivity index (χ3v) is 1.82. The molecule has 1 rings (SSSR count). The van der Waals surface area contributed by atoms with Crippen LogP contribution in [0.2, 0.25) is 0 Å². The predicted octanol–water partition coefficient (Wildman–Crippen LogP) is -0.852. The number of aliphatic hydroxyl groups is 2. The Morgan fingerprint density at radius 1 is 1.46 bits per heavy atom. The molecule has 0 amide bonds. The smallest absolute Gasteiger partial charge is 0.128 e. The van der Waals surface area contributed by atoms with Crippen LogP contribution < -0.4 is 11.5 Å². The first-order valence-electron chi connectivity index (χ1n) is 3.90. The SMILES string of the molecule is Nc1ncc([C@H](N)CO)cc1CO. The van der Waals surface area contributed by atoms with Gasteiger partial charge in [0.15, 0.2) is 0 Å². The highest BCUT2D eigenvalue weighted by molar-refractivity contribution is 5.41. The number of rotatable bonds is 3. The lowest BCUT2D eigenvalue weighted by atomic mass is 10.1. The van der Waals surface area contributed by atoms with Gasteiger partial charge in [-0.3, -0.25) is 0 Å². The highest BCUT2D eigenvalue weighted by atomic mass is 16.3. The molecule has 13 heavy (non-hydrogen) atoms. The summed E-state index contributed by atoms with van der Waals surface area (Å²) in [5, 5.41) is 17.6. The second-order valence-corrected chi connectivity index (χ2v) is 2.76. The number of hydrogen-bond donors (Lipinski definition) is 4. The molecule has 0 saturated carbocycles. The van der Waals surface area contributed by atoms with Crippen LogP contribution in [0.1, 0.15) is 17.2 Å². The summed E-state index contributed by atoms with van der Waals surface area (Å²) in [6, 6.07) is 1.17. The van der Waals surface area contributed by atoms with Gasteiger partial charge < -0.3 is 21.7 Å². The third kappa shape index (κ3) is 2.15. The summed E-state index contributed by atoms with van der Waals surface area (Å²) in [4.78, 5) is 3.85. The van der Waals surface area contributed by atoms with Gasteiger partial charge in [0, 0.05) is 11.8 Å². The molecule has 5 nitrogen and oxygen atoms in total. The minimum atomic E-state index is -0.474. The molecular formula is C8H13N3O2. The molecule has 1 heterocycles. The van der Waals surface area contributed by atoms with Gasteiger partial charge in [-0.05, 0) is 11.6 Å². The number of aliphatic hydroxyl groups excluding tert-OH is 2. The fraction of sp³-hybridized carbons (Fsp3) is 0.375. The molecule has 5 heteroatoms. The summed E-state index contributed by atoms with van der Waals surface area (Å²) in [6.45, 7) is -0.332. The molecule has 6 N–H and O–H groups in total. The van der Waals surface area contributed by atoms with E-state index in [4.69, 9.17) is 21.7 Å². The predicted molar refractivity (Wildman–Crippen MR) is 48.6 cm³/mol. The topological polar surface area (TPSA) is 105 Å². The quantitative estimate of drug-likeness (QED) is 0.488. The fourth-order valence-corrected chi connectivity index (χ4v) is 0.974. The monoisotopic (exact) mass is 183 g/mol. The maximum atomic E-state index is 8.87. The van der Waals surface area contributed by atoms with E-state index < -0.39 is 6.04 Å². The maximum Gasteiger partial charge on any atom is 0.128 e. The van der Waals surface area contributed by atoms with E-state index in [1.54, 1.807) is 6.07 Å². The van der Waals surface area contributed by atoms with E-state index in [0.29, 0.717) is 11.1 Å². The van der Waals surface area contributed by atoms with Crippen molar-refractivity contribution in [1.29, 1.82) is 0 Å². The summed E-state index contributed by atoms with van der Waals surface area (Å²) < 4.78 is 0. The Kier molecular flexibility index (Phi) is 3.18. The van der Waals surface area contributed by atoms with Gasteiger partial charge in [0.2, 0.25) is 0 Å². The number of nitrogens with two attached hydrogens (primary N) is 2. The molecule has 0 spiro atoms. The van der Waals surface area contributed by atoms with Crippen molar-refractivity contribution in [1.82, 2.24) is 4.98 Å². The van der Waals surface area contributed by atoms with Crippen LogP contribution in [-0.2, 0) is 6.61 Å². The van der Waals surface area contributed by atoms with Crippen LogP contribution in [0.15, 0.2) is 12.3 Å². The molecule has 0 radical (unpaired) electrons. The molecule has 0 aliphatic heterocycles. The number of pyridine rings is 1. The molecule has 1 aromatic rings. The Labute approximate surface area is 76.0 Å². The van der Waals surface area contributed by atoms with Gasteiger partial charge in [-0.2, -0.15) is 0 Å². The zero-order valence-electron chi connectivity index (χ0n) is 7.14. The van der Waals surface area contributed by atoms with Crippen LogP contribution in [0.25, 0.3) is 0 Å². The first-order chi connectivity index (χ1) is 6.19. The Morgan fingerprint density at radius 3 is 2.69 bits per heavy atom. The second-order valence-electron chi connectivity index (χ2n) is 2.76. The van der Waals surface area contributed by atoms with E-state index in [1.807, 2.05) is 0 Å². The molecule has 0 saturated heterocycles. The van der Waals surface area contributed by atoms with Crippen molar-refractivity contribution in [3.8, 4) is 0 Å². The molecule has 0 aromatic carbocycles. The van der Waals surface area contributed by atoms with Gasteiger partial charge >= 0.3 is 0 Å². The molecule has 0 fully saturated rings. The molecule has 0 bridgehead atoms. The van der Waals surface area contributed by atoms with Crippen LogP contribution in [-0.4, -0.2) is 21.8 Å². The third-order valence-electron chi connectivity index (χ3n) is 1.82. The molecule has 1 atom stereocenters. The summed E-state index contributed by atoms with van der Waals surface area (Å²) in [5.74, 6) is 0.288. The van der Waals surface area contributed by atoms with Gasteiger partial charge in [-0.25, -0.2) is 4.98 Å². The van der Waals surface area contributed by atoms with E-state index in [0.717, 1.165) is 0 Å². The van der Waals surface area contributed by atoms with Crippen LogP contribution in [0, 0.1) is 0 Å². The summed E-state index contributed by atoms with van der Waals surface area (Å²) in [6.07, 6.45) is 1.50. The number of nitrogens with zero attached hydrogens (tertiary/aromatic N) is 1. The van der Waals surface area contributed by atoms with Gasteiger partial charge in [0.1, 0.15) is 5.82 Å². The number of hydrogen-bond acceptors (Lipinski definition) is 5. The van der Waals surface area contributed by atoms with E-state index in [2.05, 4.69) is 4.98 Å². The van der Waals surface area contributed by atoms with Crippen LogP contribution >= 0.6 is 0 Å². The first-order valence-corrected chi connectivity index (χ1v) is 3.90. The largest absolute Gasteiger partial charge is 0.394 e. The van der Waals surface area contributed by atoms with Gasteiger partial charge in [0.05, 0.1) is 19.3 Å². The van der Waals surface area contributed by atoms with Crippen LogP contribution in [0.5, 0.6) is 0 Å². The Hall–Kier alpha value is -1.17. The summed E-state index contributed by atoms with van der Waals surface area (Å²) in [7, 11) is 0. The van der Waals surface area contributed by atoms with Crippen LogP contribution in [0.4, 0.5) is 5.82 Å². The van der Waals surface area contributed by atoms with Gasteiger partial charge in [-0.1, -0.05) is 0 Å². The normalized spacial score (nSPS) is 12.8. The lowest BCUT2D eigenvalue weighted by Gasteiger charge is -2.10.